The van der Waals surface area contributed by atoms with Crippen molar-refractivity contribution in [2.75, 3.05) is 6.54 Å². The molecule has 0 aromatic carbocycles. The summed E-state index contributed by atoms with van der Waals surface area (Å²) in [6, 6.07) is 3.89. The first-order valence-corrected chi connectivity index (χ1v) is 9.27. The van der Waals surface area contributed by atoms with E-state index in [0.717, 1.165) is 34.6 Å². The van der Waals surface area contributed by atoms with Gasteiger partial charge in [-0.3, -0.25) is 9.78 Å². The Morgan fingerprint density at radius 3 is 3.04 bits per heavy atom. The van der Waals surface area contributed by atoms with Gasteiger partial charge in [0.05, 0.1) is 12.1 Å². The van der Waals surface area contributed by atoms with Crippen molar-refractivity contribution in [2.24, 2.45) is 17.8 Å². The number of aromatic nitrogens is 2. The van der Waals surface area contributed by atoms with Gasteiger partial charge < -0.3 is 5.32 Å². The van der Waals surface area contributed by atoms with Crippen LogP contribution in [0, 0.1) is 17.8 Å². The third kappa shape index (κ3) is 3.29. The minimum atomic E-state index is 0.0933. The molecule has 0 aliphatic heterocycles. The molecule has 2 aliphatic rings. The predicted octanol–water partition coefficient (Wildman–Crippen LogP) is 3.30. The molecule has 3 atom stereocenters. The minimum Gasteiger partial charge on any atom is -0.355 e. The number of pyridine rings is 1. The lowest BCUT2D eigenvalue weighted by atomic mass is 9.89. The Bertz CT molecular complexity index is 685. The lowest BCUT2D eigenvalue weighted by Gasteiger charge is -2.21. The van der Waals surface area contributed by atoms with Crippen molar-refractivity contribution < 1.29 is 4.79 Å². The Balaban J connectivity index is 1.30. The Hall–Kier alpha value is -1.75. The number of hydrogen-bond acceptors (Lipinski definition) is 4. The van der Waals surface area contributed by atoms with Crippen molar-refractivity contribution in [2.45, 2.75) is 32.1 Å². The highest BCUT2D eigenvalue weighted by Gasteiger charge is 2.39. The lowest BCUT2D eigenvalue weighted by molar-refractivity contribution is -0.120. The van der Waals surface area contributed by atoms with Crippen molar-refractivity contribution in [3.05, 3.63) is 35.6 Å². The third-order valence-corrected chi connectivity index (χ3v) is 6.19. The number of rotatable bonds is 5. The van der Waals surface area contributed by atoms with Gasteiger partial charge in [-0.15, -0.1) is 11.3 Å². The quantitative estimate of drug-likeness (QED) is 0.917. The Kier molecular flexibility index (Phi) is 4.12. The first-order valence-electron chi connectivity index (χ1n) is 8.39. The first-order chi connectivity index (χ1) is 11.3. The van der Waals surface area contributed by atoms with Crippen LogP contribution >= 0.6 is 11.3 Å². The number of fused-ring (bicyclic) bond motifs is 2. The molecule has 1 N–H and O–H groups in total. The molecule has 2 aromatic rings. The summed E-state index contributed by atoms with van der Waals surface area (Å²) in [6.45, 7) is 0.847. The first kappa shape index (κ1) is 14.8. The summed E-state index contributed by atoms with van der Waals surface area (Å²) in [5.41, 5.74) is 1.85. The van der Waals surface area contributed by atoms with Crippen LogP contribution in [0.4, 0.5) is 0 Å². The van der Waals surface area contributed by atoms with Gasteiger partial charge in [-0.05, 0) is 49.1 Å². The van der Waals surface area contributed by atoms with Crippen LogP contribution in [0.3, 0.4) is 0 Å². The van der Waals surface area contributed by atoms with Gasteiger partial charge in [-0.2, -0.15) is 0 Å². The van der Waals surface area contributed by atoms with Crippen molar-refractivity contribution >= 4 is 17.2 Å². The molecular weight excluding hydrogens is 306 g/mol. The normalized spacial score (nSPS) is 25.7. The molecule has 4 rings (SSSR count). The Labute approximate surface area is 140 Å². The van der Waals surface area contributed by atoms with E-state index in [1.54, 1.807) is 23.7 Å². The molecule has 2 heterocycles. The van der Waals surface area contributed by atoms with Crippen molar-refractivity contribution in [3.63, 3.8) is 0 Å². The second-order valence-corrected chi connectivity index (χ2v) is 7.66. The minimum absolute atomic E-state index is 0.0933. The van der Waals surface area contributed by atoms with E-state index in [1.807, 2.05) is 17.5 Å². The molecule has 23 heavy (non-hydrogen) atoms. The van der Waals surface area contributed by atoms with Gasteiger partial charge in [0.2, 0.25) is 5.91 Å². The van der Waals surface area contributed by atoms with E-state index in [4.69, 9.17) is 0 Å². The molecule has 4 nitrogen and oxygen atoms in total. The van der Waals surface area contributed by atoms with Crippen LogP contribution in [0.2, 0.25) is 0 Å². The van der Waals surface area contributed by atoms with Crippen LogP contribution in [0.1, 0.15) is 31.4 Å². The molecule has 2 aliphatic carbocycles. The van der Waals surface area contributed by atoms with Gasteiger partial charge in [0.25, 0.3) is 0 Å². The zero-order valence-electron chi connectivity index (χ0n) is 13.1. The number of carbonyl (C=O) groups is 1. The van der Waals surface area contributed by atoms with E-state index >= 15 is 0 Å². The second-order valence-electron chi connectivity index (χ2n) is 6.80. The highest BCUT2D eigenvalue weighted by Crippen LogP contribution is 2.47. The number of nitrogens with one attached hydrogen (secondary N) is 1. The van der Waals surface area contributed by atoms with Crippen LogP contribution in [-0.4, -0.2) is 22.4 Å². The molecular formula is C18H21N3OS. The Morgan fingerprint density at radius 2 is 2.30 bits per heavy atom. The summed E-state index contributed by atoms with van der Waals surface area (Å²) in [7, 11) is 0. The SMILES string of the molecule is O=C(Cc1csc(-c2cccnc2)n1)NC[C@H]1C[C@H]2CC[C@H]1C2. The molecule has 5 heteroatoms. The van der Waals surface area contributed by atoms with E-state index in [0.29, 0.717) is 12.3 Å². The van der Waals surface area contributed by atoms with E-state index in [9.17, 15) is 4.79 Å². The van der Waals surface area contributed by atoms with Gasteiger partial charge in [0.1, 0.15) is 5.01 Å². The topological polar surface area (TPSA) is 54.9 Å². The zero-order valence-corrected chi connectivity index (χ0v) is 13.9. The van der Waals surface area contributed by atoms with E-state index in [2.05, 4.69) is 15.3 Å². The maximum absolute atomic E-state index is 12.2. The molecule has 2 bridgehead atoms. The molecule has 2 aromatic heterocycles. The summed E-state index contributed by atoms with van der Waals surface area (Å²) < 4.78 is 0. The largest absolute Gasteiger partial charge is 0.355 e. The molecule has 0 spiro atoms. The predicted molar refractivity (Wildman–Crippen MR) is 91.0 cm³/mol. The summed E-state index contributed by atoms with van der Waals surface area (Å²) in [4.78, 5) is 20.8. The lowest BCUT2D eigenvalue weighted by Crippen LogP contribution is -2.32. The monoisotopic (exact) mass is 327 g/mol. The van der Waals surface area contributed by atoms with E-state index in [1.165, 1.54) is 25.7 Å². The van der Waals surface area contributed by atoms with Gasteiger partial charge in [-0.25, -0.2) is 4.98 Å². The van der Waals surface area contributed by atoms with E-state index in [-0.39, 0.29) is 5.91 Å². The zero-order chi connectivity index (χ0) is 15.6. The van der Waals surface area contributed by atoms with Crippen molar-refractivity contribution in [1.82, 2.24) is 15.3 Å². The summed E-state index contributed by atoms with van der Waals surface area (Å²) in [5, 5.41) is 6.02. The summed E-state index contributed by atoms with van der Waals surface area (Å²) in [6.07, 6.45) is 9.40. The molecule has 1 amide bonds. The molecule has 120 valence electrons. The van der Waals surface area contributed by atoms with Gasteiger partial charge in [0, 0.05) is 29.9 Å². The van der Waals surface area contributed by atoms with Crippen LogP contribution in [0.25, 0.3) is 10.6 Å². The van der Waals surface area contributed by atoms with Crippen LogP contribution in [-0.2, 0) is 11.2 Å². The molecule has 0 unspecified atom stereocenters. The molecule has 0 radical (unpaired) electrons. The van der Waals surface area contributed by atoms with E-state index < -0.39 is 0 Å². The van der Waals surface area contributed by atoms with Crippen molar-refractivity contribution in [1.29, 1.82) is 0 Å². The standard InChI is InChI=1S/C18H21N3OS/c22-17(20-10-15-7-12-3-4-13(15)6-12)8-16-11-23-18(21-16)14-2-1-5-19-9-14/h1-2,5,9,11-13,15H,3-4,6-8,10H2,(H,20,22)/t12-,13-,15+/m0/s1. The van der Waals surface area contributed by atoms with Gasteiger partial charge >= 0.3 is 0 Å². The van der Waals surface area contributed by atoms with Gasteiger partial charge in [0.15, 0.2) is 0 Å². The third-order valence-electron chi connectivity index (χ3n) is 5.25. The average Bonchev–Trinajstić information content (AvgIpc) is 3.30. The molecule has 2 saturated carbocycles. The fraction of sp³-hybridized carbons (Fsp3) is 0.500. The summed E-state index contributed by atoms with van der Waals surface area (Å²) in [5.74, 6) is 2.59. The van der Waals surface area contributed by atoms with Crippen molar-refractivity contribution in [3.8, 4) is 10.6 Å². The number of nitrogens with zero attached hydrogens (tertiary/aromatic N) is 2. The maximum Gasteiger partial charge on any atom is 0.226 e. The molecule has 2 fully saturated rings. The second kappa shape index (κ2) is 6.40. The average molecular weight is 327 g/mol. The number of hydrogen-bond donors (Lipinski definition) is 1. The Morgan fingerprint density at radius 1 is 1.35 bits per heavy atom. The fourth-order valence-electron chi connectivity index (χ4n) is 4.11. The van der Waals surface area contributed by atoms with Crippen LogP contribution in [0.15, 0.2) is 29.9 Å². The highest BCUT2D eigenvalue weighted by atomic mass is 32.1. The molecule has 0 saturated heterocycles. The summed E-state index contributed by atoms with van der Waals surface area (Å²) >= 11 is 1.57. The van der Waals surface area contributed by atoms with Crippen LogP contribution < -0.4 is 5.32 Å². The number of thiazole rings is 1. The smallest absolute Gasteiger partial charge is 0.226 e. The van der Waals surface area contributed by atoms with Gasteiger partial charge in [-0.1, -0.05) is 6.42 Å². The number of amides is 1. The fourth-order valence-corrected chi connectivity index (χ4v) is 4.92. The highest BCUT2D eigenvalue weighted by molar-refractivity contribution is 7.13. The maximum atomic E-state index is 12.2. The number of carbonyl (C=O) groups excluding carboxylic acids is 1. The van der Waals surface area contributed by atoms with Crippen LogP contribution in [0.5, 0.6) is 0 Å².